The van der Waals surface area contributed by atoms with Crippen LogP contribution >= 0.6 is 0 Å². The zero-order chi connectivity index (χ0) is 18.0. The Bertz CT molecular complexity index is 923. The average molecular weight is 446 g/mol. The first-order valence-electron chi connectivity index (χ1n) is 8.70. The van der Waals surface area contributed by atoms with Gasteiger partial charge in [-0.05, 0) is 17.0 Å². The van der Waals surface area contributed by atoms with Gasteiger partial charge in [0.05, 0.1) is 0 Å². The molecular weight excluding hydrogens is 421 g/mol. The molecular formula is C24H25Cl2NTi-2. The Kier molecular flexibility index (Phi) is 10.6. The molecule has 1 atom stereocenters. The molecule has 1 aliphatic carbocycles. The van der Waals surface area contributed by atoms with Crippen LogP contribution in [-0.4, -0.2) is 5.54 Å². The van der Waals surface area contributed by atoms with Gasteiger partial charge in [-0.3, -0.25) is 0 Å². The molecule has 3 aromatic carbocycles. The van der Waals surface area contributed by atoms with Crippen molar-refractivity contribution >= 4 is 16.8 Å². The molecule has 1 nitrogen and oxygen atoms in total. The van der Waals surface area contributed by atoms with Crippen molar-refractivity contribution in [1.82, 2.24) is 0 Å². The summed E-state index contributed by atoms with van der Waals surface area (Å²) >= 11 is 0. The van der Waals surface area contributed by atoms with E-state index in [-0.39, 0.29) is 52.1 Å². The first-order chi connectivity index (χ1) is 11.8. The van der Waals surface area contributed by atoms with Crippen LogP contribution in [0.5, 0.6) is 0 Å². The van der Waals surface area contributed by atoms with E-state index >= 15 is 0 Å². The molecule has 4 rings (SSSR count). The minimum absolute atomic E-state index is 0. The molecule has 0 radical (unpaired) electrons. The minimum atomic E-state index is -0.250. The maximum Gasteiger partial charge on any atom is 2.00 e. The van der Waals surface area contributed by atoms with Crippen molar-refractivity contribution < 1.29 is 46.5 Å². The number of halogens is 2. The van der Waals surface area contributed by atoms with Crippen LogP contribution in [-0.2, 0) is 21.7 Å². The van der Waals surface area contributed by atoms with E-state index in [9.17, 15) is 0 Å². The summed E-state index contributed by atoms with van der Waals surface area (Å²) in [5.74, 6) is 0.336. The fourth-order valence-corrected chi connectivity index (χ4v) is 3.16. The van der Waals surface area contributed by atoms with Crippen molar-refractivity contribution in [3.8, 4) is 0 Å². The average Bonchev–Trinajstić information content (AvgIpc) is 2.98. The van der Waals surface area contributed by atoms with Crippen LogP contribution in [0.25, 0.3) is 22.6 Å². The second-order valence-electron chi connectivity index (χ2n) is 7.57. The Hall–Kier alpha value is -1.22. The van der Waals surface area contributed by atoms with E-state index in [1.54, 1.807) is 0 Å². The van der Waals surface area contributed by atoms with Gasteiger partial charge in [-0.1, -0.05) is 86.8 Å². The second kappa shape index (κ2) is 11.1. The normalized spacial score (nSPS) is 13.9. The summed E-state index contributed by atoms with van der Waals surface area (Å²) in [6.07, 6.45) is 4.50. The predicted molar refractivity (Wildman–Crippen MR) is 110 cm³/mol. The Morgan fingerprint density at radius 2 is 1.39 bits per heavy atom. The van der Waals surface area contributed by atoms with Crippen molar-refractivity contribution in [2.75, 3.05) is 0 Å². The van der Waals surface area contributed by atoms with E-state index in [4.69, 9.17) is 5.73 Å². The van der Waals surface area contributed by atoms with Crippen molar-refractivity contribution in [3.05, 3.63) is 102 Å². The largest absolute Gasteiger partial charge is 2.00 e. The van der Waals surface area contributed by atoms with Gasteiger partial charge in [-0.2, -0.15) is 12.5 Å². The monoisotopic (exact) mass is 445 g/mol. The Morgan fingerprint density at radius 1 is 0.821 bits per heavy atom. The molecule has 0 fully saturated rings. The molecule has 0 saturated carbocycles. The number of hydrogen-bond acceptors (Lipinski definition) is 0. The Morgan fingerprint density at radius 3 is 2.07 bits per heavy atom. The molecule has 0 bridgehead atoms. The maximum absolute atomic E-state index is 6.94. The minimum Gasteiger partial charge on any atom is -1.00 e. The molecule has 0 spiro atoms. The number of rotatable bonds is 1. The summed E-state index contributed by atoms with van der Waals surface area (Å²) in [6.45, 7) is 9.89. The van der Waals surface area contributed by atoms with Gasteiger partial charge in [-0.15, -0.1) is 28.6 Å². The maximum atomic E-state index is 6.94. The Labute approximate surface area is 196 Å². The van der Waals surface area contributed by atoms with Crippen LogP contribution in [0.2, 0.25) is 0 Å². The number of hydrogen-bond donors (Lipinski definition) is 0. The molecule has 0 heterocycles. The number of nitrogens with one attached hydrogen (secondary N) is 1. The summed E-state index contributed by atoms with van der Waals surface area (Å²) in [6, 6.07) is 21.5. The van der Waals surface area contributed by atoms with Crippen LogP contribution in [0.3, 0.4) is 0 Å². The van der Waals surface area contributed by atoms with Crippen LogP contribution in [0.15, 0.2) is 66.7 Å². The fraction of sp³-hybridized carbons (Fsp3) is 0.208. The van der Waals surface area contributed by atoms with Gasteiger partial charge >= 0.3 is 21.7 Å². The van der Waals surface area contributed by atoms with Crippen molar-refractivity contribution in [1.29, 1.82) is 0 Å². The van der Waals surface area contributed by atoms with E-state index in [2.05, 4.69) is 79.7 Å². The van der Waals surface area contributed by atoms with Gasteiger partial charge in [0, 0.05) is 0 Å². The molecule has 0 aliphatic heterocycles. The third-order valence-corrected chi connectivity index (χ3v) is 4.21. The van der Waals surface area contributed by atoms with Gasteiger partial charge in [0.25, 0.3) is 0 Å². The first kappa shape index (κ1) is 26.8. The molecule has 3 aromatic rings. The summed E-state index contributed by atoms with van der Waals surface area (Å²) in [5.41, 5.74) is 11.9. The van der Waals surface area contributed by atoms with Crippen LogP contribution < -0.4 is 24.8 Å². The van der Waals surface area contributed by atoms with Crippen LogP contribution in [0, 0.1) is 6.92 Å². The van der Waals surface area contributed by atoms with Gasteiger partial charge in [0.2, 0.25) is 0 Å². The molecule has 4 heteroatoms. The SMILES string of the molecule is CC(C)(C)[NH-].[CH2-]c1c(C2C=Cc3ccccc32)ccc2ccccc12.[Cl-].[Cl-].[Ti+2]. The summed E-state index contributed by atoms with van der Waals surface area (Å²) < 4.78 is 0. The van der Waals surface area contributed by atoms with Crippen LogP contribution in [0.1, 0.15) is 48.9 Å². The third kappa shape index (κ3) is 6.41. The van der Waals surface area contributed by atoms with Gasteiger partial charge in [0.15, 0.2) is 0 Å². The van der Waals surface area contributed by atoms with Crippen molar-refractivity contribution in [2.24, 2.45) is 0 Å². The zero-order valence-electron chi connectivity index (χ0n) is 16.5. The first-order valence-corrected chi connectivity index (χ1v) is 8.70. The molecule has 0 saturated heterocycles. The molecule has 0 amide bonds. The smallest absolute Gasteiger partial charge is 1.00 e. The predicted octanol–water partition coefficient (Wildman–Crippen LogP) is 1.02. The topological polar surface area (TPSA) is 23.8 Å². The number of benzene rings is 3. The Balaban J connectivity index is 0.000000823. The quantitative estimate of drug-likeness (QED) is 0.394. The second-order valence-corrected chi connectivity index (χ2v) is 7.57. The molecule has 0 aromatic heterocycles. The van der Waals surface area contributed by atoms with Gasteiger partial charge in [0.1, 0.15) is 0 Å². The molecule has 146 valence electrons. The van der Waals surface area contributed by atoms with Crippen LogP contribution in [0.4, 0.5) is 0 Å². The molecule has 1 aliphatic rings. The molecule has 1 unspecified atom stereocenters. The van der Waals surface area contributed by atoms with E-state index in [1.807, 2.05) is 20.8 Å². The molecule has 1 N–H and O–H groups in total. The van der Waals surface area contributed by atoms with Gasteiger partial charge < -0.3 is 30.5 Å². The van der Waals surface area contributed by atoms with E-state index < -0.39 is 0 Å². The van der Waals surface area contributed by atoms with E-state index in [0.717, 1.165) is 5.56 Å². The van der Waals surface area contributed by atoms with E-state index in [0.29, 0.717) is 5.92 Å². The third-order valence-electron chi connectivity index (χ3n) is 4.21. The summed E-state index contributed by atoms with van der Waals surface area (Å²) in [5, 5.41) is 2.51. The summed E-state index contributed by atoms with van der Waals surface area (Å²) in [4.78, 5) is 0. The van der Waals surface area contributed by atoms with E-state index in [1.165, 1.54) is 27.5 Å². The number of fused-ring (bicyclic) bond motifs is 2. The molecule has 28 heavy (non-hydrogen) atoms. The van der Waals surface area contributed by atoms with Crippen molar-refractivity contribution in [2.45, 2.75) is 32.2 Å². The summed E-state index contributed by atoms with van der Waals surface area (Å²) in [7, 11) is 0. The fourth-order valence-electron chi connectivity index (χ4n) is 3.16. The zero-order valence-corrected chi connectivity index (χ0v) is 19.5. The standard InChI is InChI=1S/C20H15.C4H10N.2ClH.Ti/c1-14-17-8-4-2-6-15(17)10-12-18(14)20-13-11-16-7-3-5-9-19(16)20;1-4(2,3)5;;;/h2-13,20H,1H2;5H,1-3H3;2*1H;/q2*-1;;;+2/p-2. The van der Waals surface area contributed by atoms with Crippen molar-refractivity contribution in [3.63, 3.8) is 0 Å². The van der Waals surface area contributed by atoms with Gasteiger partial charge in [-0.25, -0.2) is 0 Å². The number of allylic oxidation sites excluding steroid dienone is 1.